The van der Waals surface area contributed by atoms with Crippen LogP contribution in [0, 0.1) is 6.92 Å². The van der Waals surface area contributed by atoms with Crippen LogP contribution in [0.5, 0.6) is 11.5 Å². The Kier molecular flexibility index (Phi) is 12.3. The molecule has 0 fully saturated rings. The molecule has 0 radical (unpaired) electrons. The Morgan fingerprint density at radius 3 is 2.24 bits per heavy atom. The van der Waals surface area contributed by atoms with Crippen molar-refractivity contribution in [2.24, 2.45) is 0 Å². The maximum atomic E-state index is 6.08. The number of hydrogen-bond acceptors (Lipinski definition) is 10. The van der Waals surface area contributed by atoms with Crippen molar-refractivity contribution in [2.45, 2.75) is 26.4 Å². The van der Waals surface area contributed by atoms with E-state index >= 15 is 0 Å². The molecule has 5 rings (SSSR count). The van der Waals surface area contributed by atoms with Gasteiger partial charge in [0.1, 0.15) is 18.2 Å². The van der Waals surface area contributed by atoms with E-state index in [9.17, 15) is 0 Å². The lowest BCUT2D eigenvalue weighted by molar-refractivity contribution is -0.00433. The molecule has 10 nitrogen and oxygen atoms in total. The molecule has 2 N–H and O–H groups in total. The van der Waals surface area contributed by atoms with Crippen LogP contribution < -0.4 is 20.1 Å². The maximum Gasteiger partial charge on any atom is 0.162 e. The van der Waals surface area contributed by atoms with Crippen LogP contribution in [0.15, 0.2) is 60.7 Å². The van der Waals surface area contributed by atoms with Crippen molar-refractivity contribution in [2.75, 3.05) is 78.4 Å². The molecule has 0 saturated heterocycles. The summed E-state index contributed by atoms with van der Waals surface area (Å²) in [5, 5.41) is 8.00. The van der Waals surface area contributed by atoms with E-state index in [0.717, 1.165) is 40.9 Å². The quantitative estimate of drug-likeness (QED) is 0.291. The number of nitrogens with one attached hydrogen (secondary N) is 2. The summed E-state index contributed by atoms with van der Waals surface area (Å²) in [5.74, 6) is 2.62. The minimum absolute atomic E-state index is 0.0252. The normalized spacial score (nSPS) is 18.2. The molecule has 240 valence electrons. The monoisotopic (exact) mass is 616 g/mol. The lowest BCUT2D eigenvalue weighted by Crippen LogP contribution is -2.21. The molecule has 0 spiro atoms. The first kappa shape index (κ1) is 32.6. The fourth-order valence-electron chi connectivity index (χ4n) is 5.19. The van der Waals surface area contributed by atoms with Crippen LogP contribution in [-0.2, 0) is 25.5 Å². The van der Waals surface area contributed by atoms with Crippen LogP contribution >= 0.6 is 0 Å². The summed E-state index contributed by atoms with van der Waals surface area (Å²) in [7, 11) is 1.63. The minimum atomic E-state index is -0.0252. The molecule has 3 aromatic carbocycles. The van der Waals surface area contributed by atoms with Crippen molar-refractivity contribution in [1.82, 2.24) is 15.3 Å². The predicted octanol–water partition coefficient (Wildman–Crippen LogP) is 5.34. The summed E-state index contributed by atoms with van der Waals surface area (Å²) in [6.07, 6.45) is 0. The van der Waals surface area contributed by atoms with Crippen molar-refractivity contribution < 1.29 is 28.4 Å². The van der Waals surface area contributed by atoms with Gasteiger partial charge >= 0.3 is 0 Å². The van der Waals surface area contributed by atoms with Gasteiger partial charge in [0, 0.05) is 30.6 Å². The largest absolute Gasteiger partial charge is 0.493 e. The van der Waals surface area contributed by atoms with Gasteiger partial charge in [0.25, 0.3) is 0 Å². The average molecular weight is 617 g/mol. The Morgan fingerprint density at radius 2 is 1.49 bits per heavy atom. The molecule has 1 aliphatic rings. The van der Waals surface area contributed by atoms with Crippen LogP contribution in [0.4, 0.5) is 5.82 Å². The zero-order valence-electron chi connectivity index (χ0n) is 26.5. The molecular formula is C35H44N4O6. The Hall–Kier alpha value is -3.80. The van der Waals surface area contributed by atoms with E-state index in [1.807, 2.05) is 19.1 Å². The van der Waals surface area contributed by atoms with Crippen molar-refractivity contribution in [3.63, 3.8) is 0 Å². The number of ether oxygens (including phenoxy) is 6. The van der Waals surface area contributed by atoms with Gasteiger partial charge in [0.05, 0.1) is 65.5 Å². The van der Waals surface area contributed by atoms with Crippen LogP contribution in [-0.4, -0.2) is 83.1 Å². The second-order valence-corrected chi connectivity index (χ2v) is 10.8. The molecule has 0 aliphatic carbocycles. The molecule has 2 heterocycles. The number of nitrogens with zero attached hydrogens (tertiary/aromatic N) is 2. The third-order valence-electron chi connectivity index (χ3n) is 7.50. The second kappa shape index (κ2) is 17.0. The summed E-state index contributed by atoms with van der Waals surface area (Å²) in [6.45, 7) is 10.00. The summed E-state index contributed by atoms with van der Waals surface area (Å²) < 4.78 is 34.3. The smallest absolute Gasteiger partial charge is 0.162 e. The van der Waals surface area contributed by atoms with E-state index in [0.29, 0.717) is 76.8 Å². The molecule has 0 saturated carbocycles. The molecular weight excluding hydrogens is 572 g/mol. The lowest BCUT2D eigenvalue weighted by atomic mass is 9.96. The number of hydrogen-bond donors (Lipinski definition) is 2. The molecule has 1 unspecified atom stereocenters. The summed E-state index contributed by atoms with van der Waals surface area (Å²) >= 11 is 0. The topological polar surface area (TPSA) is 105 Å². The first-order valence-electron chi connectivity index (χ1n) is 15.6. The third-order valence-corrected chi connectivity index (χ3v) is 7.50. The lowest BCUT2D eigenvalue weighted by Gasteiger charge is -2.19. The number of fused-ring (bicyclic) bond motifs is 5. The van der Waals surface area contributed by atoms with Crippen LogP contribution in [0.3, 0.4) is 0 Å². The minimum Gasteiger partial charge on any atom is -0.493 e. The molecule has 1 aliphatic heterocycles. The van der Waals surface area contributed by atoms with E-state index in [-0.39, 0.29) is 6.04 Å². The molecule has 0 amide bonds. The van der Waals surface area contributed by atoms with E-state index in [2.05, 4.69) is 71.1 Å². The van der Waals surface area contributed by atoms with Gasteiger partial charge in [-0.25, -0.2) is 9.97 Å². The van der Waals surface area contributed by atoms with Crippen molar-refractivity contribution in [1.29, 1.82) is 0 Å². The average Bonchev–Trinajstić information content (AvgIpc) is 3.05. The standard InChI is InChI=1S/C35H44N4O6/c1-25-27-8-6-9-28(21-27)30-10-5-4-7-29(30)24-36-11-12-41-13-14-42-15-16-43-17-18-44-19-20-45-34-22-31-32(23-33(34)40-3)38-26(2)39-35(31)37-25/h4-10,21-23,25,36H,11-20,24H2,1-3H3,(H,37,38,39). The molecule has 45 heavy (non-hydrogen) atoms. The van der Waals surface area contributed by atoms with Gasteiger partial charge < -0.3 is 39.1 Å². The van der Waals surface area contributed by atoms with Gasteiger partial charge in [-0.15, -0.1) is 0 Å². The fourth-order valence-corrected chi connectivity index (χ4v) is 5.19. The first-order valence-corrected chi connectivity index (χ1v) is 15.6. The Morgan fingerprint density at radius 1 is 0.778 bits per heavy atom. The van der Waals surface area contributed by atoms with Crippen molar-refractivity contribution in [3.8, 4) is 22.6 Å². The van der Waals surface area contributed by atoms with E-state index in [1.54, 1.807) is 7.11 Å². The Balaban J connectivity index is 1.39. The summed E-state index contributed by atoms with van der Waals surface area (Å²) in [4.78, 5) is 9.45. The van der Waals surface area contributed by atoms with E-state index in [1.165, 1.54) is 11.1 Å². The van der Waals surface area contributed by atoms with E-state index in [4.69, 9.17) is 33.4 Å². The SMILES string of the molecule is COc1cc2nc(C)nc3c2cc1OCCOCCOCCOCCOCCNCc1ccccc1-c1cccc(c1)C(C)N3. The van der Waals surface area contributed by atoms with Gasteiger partial charge in [0.15, 0.2) is 11.5 Å². The second-order valence-electron chi connectivity index (χ2n) is 10.8. The number of aromatic nitrogens is 2. The maximum absolute atomic E-state index is 6.08. The molecule has 4 aromatic rings. The highest BCUT2D eigenvalue weighted by atomic mass is 16.6. The first-order chi connectivity index (χ1) is 22.1. The van der Waals surface area contributed by atoms with Crippen LogP contribution in [0.1, 0.15) is 29.9 Å². The number of benzene rings is 3. The van der Waals surface area contributed by atoms with Gasteiger partial charge in [-0.05, 0) is 48.2 Å². The highest BCUT2D eigenvalue weighted by Gasteiger charge is 2.16. The van der Waals surface area contributed by atoms with E-state index < -0.39 is 0 Å². The predicted molar refractivity (Wildman–Crippen MR) is 175 cm³/mol. The molecule has 10 heteroatoms. The van der Waals surface area contributed by atoms with Crippen molar-refractivity contribution in [3.05, 3.63) is 77.6 Å². The number of aryl methyl sites for hydroxylation is 1. The van der Waals surface area contributed by atoms with Gasteiger partial charge in [-0.2, -0.15) is 0 Å². The Bertz CT molecular complexity index is 1520. The highest BCUT2D eigenvalue weighted by molar-refractivity contribution is 5.92. The Labute approximate surface area is 265 Å². The number of methoxy groups -OCH3 is 1. The highest BCUT2D eigenvalue weighted by Crippen LogP contribution is 2.36. The summed E-state index contributed by atoms with van der Waals surface area (Å²) in [5.41, 5.74) is 5.52. The number of anilines is 1. The molecule has 1 aromatic heterocycles. The molecule has 1 atom stereocenters. The zero-order chi connectivity index (χ0) is 31.3. The number of rotatable bonds is 1. The van der Waals surface area contributed by atoms with Gasteiger partial charge in [-0.1, -0.05) is 42.5 Å². The van der Waals surface area contributed by atoms with Crippen LogP contribution in [0.25, 0.3) is 22.0 Å². The van der Waals surface area contributed by atoms with Gasteiger partial charge in [0.2, 0.25) is 0 Å². The summed E-state index contributed by atoms with van der Waals surface area (Å²) in [6, 6.07) is 21.0. The van der Waals surface area contributed by atoms with Gasteiger partial charge in [-0.3, -0.25) is 0 Å². The zero-order valence-corrected chi connectivity index (χ0v) is 26.5. The molecule has 4 bridgehead atoms. The van der Waals surface area contributed by atoms with Crippen molar-refractivity contribution >= 4 is 16.7 Å². The third kappa shape index (κ3) is 9.35. The van der Waals surface area contributed by atoms with Crippen LogP contribution in [0.2, 0.25) is 0 Å². The fraction of sp³-hybridized carbons (Fsp3) is 0.429.